The number of aliphatic hydroxyl groups is 1. The average molecular weight is 1470 g/mol. The number of hydrogen-bond acceptors (Lipinski definition) is 15. The first-order valence-corrected chi connectivity index (χ1v) is 45.0. The highest BCUT2D eigenvalue weighted by atomic mass is 31.2. The lowest BCUT2D eigenvalue weighted by molar-refractivity contribution is -0.161. The molecule has 0 bridgehead atoms. The molecular weight excluding hydrogens is 1310 g/mol. The van der Waals surface area contributed by atoms with Crippen molar-refractivity contribution < 1.29 is 80.2 Å². The fourth-order valence-electron chi connectivity index (χ4n) is 12.5. The minimum atomic E-state index is -4.96. The van der Waals surface area contributed by atoms with E-state index in [0.717, 1.165) is 102 Å². The van der Waals surface area contributed by atoms with Crippen molar-refractivity contribution in [2.45, 2.75) is 445 Å². The minimum absolute atomic E-state index is 0.106. The first-order chi connectivity index (χ1) is 48.4. The van der Waals surface area contributed by atoms with E-state index in [2.05, 4.69) is 41.5 Å². The van der Waals surface area contributed by atoms with Gasteiger partial charge in [-0.1, -0.05) is 375 Å². The summed E-state index contributed by atoms with van der Waals surface area (Å²) in [5, 5.41) is 10.7. The first-order valence-electron chi connectivity index (χ1n) is 42.0. The highest BCUT2D eigenvalue weighted by Crippen LogP contribution is 2.45. The zero-order valence-corrected chi connectivity index (χ0v) is 67.3. The van der Waals surface area contributed by atoms with E-state index >= 15 is 0 Å². The second-order valence-corrected chi connectivity index (χ2v) is 32.8. The second-order valence-electron chi connectivity index (χ2n) is 29.9. The number of hydrogen-bond donors (Lipinski definition) is 3. The molecule has 0 aromatic heterocycles. The van der Waals surface area contributed by atoms with E-state index in [0.29, 0.717) is 25.7 Å². The summed E-state index contributed by atoms with van der Waals surface area (Å²) in [5.74, 6) is -0.545. The lowest BCUT2D eigenvalue weighted by atomic mass is 9.99. The summed E-state index contributed by atoms with van der Waals surface area (Å²) in [7, 11) is -9.92. The summed E-state index contributed by atoms with van der Waals surface area (Å²) in [6.07, 6.45) is 62.2. The zero-order valence-electron chi connectivity index (χ0n) is 65.5. The molecule has 0 saturated heterocycles. The summed E-state index contributed by atoms with van der Waals surface area (Å²) in [4.78, 5) is 73.1. The normalized spacial score (nSPS) is 14.2. The number of rotatable bonds is 80. The van der Waals surface area contributed by atoms with Crippen molar-refractivity contribution in [1.29, 1.82) is 0 Å². The van der Waals surface area contributed by atoms with Crippen LogP contribution in [0.15, 0.2) is 0 Å². The molecule has 19 heteroatoms. The van der Waals surface area contributed by atoms with Gasteiger partial charge in [0.2, 0.25) is 0 Å². The maximum atomic E-state index is 13.1. The molecule has 100 heavy (non-hydrogen) atoms. The predicted molar refractivity (Wildman–Crippen MR) is 409 cm³/mol. The smallest absolute Gasteiger partial charge is 0.462 e. The Morgan fingerprint density at radius 3 is 0.760 bits per heavy atom. The van der Waals surface area contributed by atoms with E-state index in [1.54, 1.807) is 0 Å². The van der Waals surface area contributed by atoms with Crippen LogP contribution in [0.3, 0.4) is 0 Å². The molecule has 594 valence electrons. The quantitative estimate of drug-likeness (QED) is 0.0222. The van der Waals surface area contributed by atoms with Crippen LogP contribution in [0, 0.1) is 11.8 Å². The molecule has 0 fully saturated rings. The summed E-state index contributed by atoms with van der Waals surface area (Å²) in [6.45, 7) is 9.66. The third-order valence-corrected chi connectivity index (χ3v) is 21.2. The molecule has 17 nitrogen and oxygen atoms in total. The molecule has 0 spiro atoms. The molecule has 0 saturated carbocycles. The van der Waals surface area contributed by atoms with Crippen LogP contribution in [0.5, 0.6) is 0 Å². The number of unbranched alkanes of at least 4 members (excludes halogenated alkanes) is 49. The number of phosphoric ester groups is 2. The fourth-order valence-corrected chi connectivity index (χ4v) is 14.1. The van der Waals surface area contributed by atoms with Crippen LogP contribution in [-0.4, -0.2) is 96.7 Å². The number of phosphoric acid groups is 2. The Balaban J connectivity index is 5.27. The molecule has 0 aromatic rings. The van der Waals surface area contributed by atoms with Crippen molar-refractivity contribution in [3.8, 4) is 0 Å². The summed E-state index contributed by atoms with van der Waals surface area (Å²) >= 11 is 0. The second kappa shape index (κ2) is 72.6. The maximum absolute atomic E-state index is 13.1. The van der Waals surface area contributed by atoms with Crippen LogP contribution >= 0.6 is 15.6 Å². The molecule has 0 radical (unpaired) electrons. The van der Waals surface area contributed by atoms with Crippen LogP contribution in [-0.2, 0) is 65.4 Å². The molecular formula is C81H158O17P2. The molecule has 6 atom stereocenters. The third-order valence-electron chi connectivity index (χ3n) is 19.3. The van der Waals surface area contributed by atoms with Crippen molar-refractivity contribution >= 4 is 39.5 Å². The van der Waals surface area contributed by atoms with Gasteiger partial charge in [0.1, 0.15) is 19.3 Å². The average Bonchev–Trinajstić information content (AvgIpc) is 0.939. The Morgan fingerprint density at radius 1 is 0.290 bits per heavy atom. The Bertz CT molecular complexity index is 1930. The fraction of sp³-hybridized carbons (Fsp3) is 0.951. The summed E-state index contributed by atoms with van der Waals surface area (Å²) in [6, 6.07) is 0. The predicted octanol–water partition coefficient (Wildman–Crippen LogP) is 24.3. The highest BCUT2D eigenvalue weighted by Gasteiger charge is 2.30. The summed E-state index contributed by atoms with van der Waals surface area (Å²) < 4.78 is 68.8. The van der Waals surface area contributed by atoms with E-state index in [9.17, 15) is 43.2 Å². The minimum Gasteiger partial charge on any atom is -0.462 e. The lowest BCUT2D eigenvalue weighted by Gasteiger charge is -2.21. The zero-order chi connectivity index (χ0) is 73.5. The van der Waals surface area contributed by atoms with E-state index < -0.39 is 97.5 Å². The van der Waals surface area contributed by atoms with Gasteiger partial charge in [0.15, 0.2) is 12.2 Å². The van der Waals surface area contributed by atoms with E-state index in [1.807, 2.05) is 0 Å². The van der Waals surface area contributed by atoms with Gasteiger partial charge in [0.05, 0.1) is 26.4 Å². The molecule has 0 rings (SSSR count). The van der Waals surface area contributed by atoms with Crippen molar-refractivity contribution in [2.24, 2.45) is 11.8 Å². The molecule has 0 amide bonds. The number of aliphatic hydroxyl groups excluding tert-OH is 1. The molecule has 0 heterocycles. The maximum Gasteiger partial charge on any atom is 0.472 e. The lowest BCUT2D eigenvalue weighted by Crippen LogP contribution is -2.30. The largest absolute Gasteiger partial charge is 0.472 e. The molecule has 0 aliphatic carbocycles. The molecule has 0 aliphatic rings. The van der Waals surface area contributed by atoms with E-state index in [1.165, 1.54) is 244 Å². The van der Waals surface area contributed by atoms with Gasteiger partial charge in [-0.3, -0.25) is 37.3 Å². The Hall–Kier alpha value is -1.94. The van der Waals surface area contributed by atoms with Crippen LogP contribution in [0.25, 0.3) is 0 Å². The van der Waals surface area contributed by atoms with Gasteiger partial charge < -0.3 is 33.8 Å². The van der Waals surface area contributed by atoms with Crippen LogP contribution < -0.4 is 0 Å². The van der Waals surface area contributed by atoms with Gasteiger partial charge in [-0.05, 0) is 37.5 Å². The van der Waals surface area contributed by atoms with Gasteiger partial charge in [-0.25, -0.2) is 9.13 Å². The number of ether oxygens (including phenoxy) is 4. The standard InChI is InChI=1S/C81H158O17P2/c1-7-10-12-14-16-18-20-22-24-26-28-30-32-41-47-53-59-65-80(85)97-76(69-91-78(83)63-57-51-45-39-31-29-27-25-23-21-19-17-15-13-11-8-2)71-95-99(87,88)93-67-75(82)68-94-100(89,90)96-72-77(70-92-79(84)64-58-52-46-40-35-33-37-43-49-55-61-73(4)5)98-81(86)66-60-54-48-42-36-34-38-44-50-56-62-74(6)9-3/h73-77,82H,7-72H2,1-6H3,(H,87,88)(H,89,90)/t74?,75-,76-,77-/m1/s1. The van der Waals surface area contributed by atoms with Gasteiger partial charge in [0.25, 0.3) is 0 Å². The summed E-state index contributed by atoms with van der Waals surface area (Å²) in [5.41, 5.74) is 0. The van der Waals surface area contributed by atoms with Crippen LogP contribution in [0.2, 0.25) is 0 Å². The van der Waals surface area contributed by atoms with Crippen molar-refractivity contribution in [2.75, 3.05) is 39.6 Å². The van der Waals surface area contributed by atoms with E-state index in [-0.39, 0.29) is 25.7 Å². The van der Waals surface area contributed by atoms with Crippen molar-refractivity contribution in [1.82, 2.24) is 0 Å². The van der Waals surface area contributed by atoms with Gasteiger partial charge in [-0.2, -0.15) is 0 Å². The van der Waals surface area contributed by atoms with Crippen LogP contribution in [0.4, 0.5) is 0 Å². The Labute approximate surface area is 613 Å². The van der Waals surface area contributed by atoms with Gasteiger partial charge in [-0.15, -0.1) is 0 Å². The monoisotopic (exact) mass is 1470 g/mol. The third kappa shape index (κ3) is 73.0. The number of carbonyl (C=O) groups is 4. The van der Waals surface area contributed by atoms with Crippen molar-refractivity contribution in [3.05, 3.63) is 0 Å². The highest BCUT2D eigenvalue weighted by molar-refractivity contribution is 7.47. The number of esters is 4. The SMILES string of the molecule is CCCCCCCCCCCCCCCCCCCC(=O)O[C@H](COC(=O)CCCCCCCCCCCCCCCCCC)COP(=O)(O)OC[C@@H](O)COP(=O)(O)OC[C@@H](COC(=O)CCCCCCCCCCCCC(C)C)OC(=O)CCCCCCCCCCCCC(C)CC. The molecule has 3 N–H and O–H groups in total. The Morgan fingerprint density at radius 2 is 0.510 bits per heavy atom. The number of carbonyl (C=O) groups excluding carboxylic acids is 4. The van der Waals surface area contributed by atoms with Crippen molar-refractivity contribution in [3.63, 3.8) is 0 Å². The molecule has 0 aliphatic heterocycles. The van der Waals surface area contributed by atoms with E-state index in [4.69, 9.17) is 37.0 Å². The van der Waals surface area contributed by atoms with Crippen LogP contribution in [0.1, 0.15) is 427 Å². The van der Waals surface area contributed by atoms with Gasteiger partial charge >= 0.3 is 39.5 Å². The topological polar surface area (TPSA) is 237 Å². The van der Waals surface area contributed by atoms with Gasteiger partial charge in [0, 0.05) is 25.7 Å². The first kappa shape index (κ1) is 98.1. The Kier molecular flexibility index (Phi) is 71.2. The molecule has 3 unspecified atom stereocenters. The molecule has 0 aromatic carbocycles.